The summed E-state index contributed by atoms with van der Waals surface area (Å²) in [4.78, 5) is 12.0. The van der Waals surface area contributed by atoms with Crippen LogP contribution in [0.1, 0.15) is 6.42 Å². The summed E-state index contributed by atoms with van der Waals surface area (Å²) < 4.78 is 15.5. The van der Waals surface area contributed by atoms with E-state index in [2.05, 4.69) is 10.6 Å². The van der Waals surface area contributed by atoms with Crippen molar-refractivity contribution in [2.45, 2.75) is 12.0 Å². The minimum absolute atomic E-state index is 0.206. The van der Waals surface area contributed by atoms with E-state index >= 15 is 0 Å². The standard InChI is InChI=1S/C16H18FN3O2S/c17-13-4-3-12(9-14(13)20-6-1-2-7-20)19-15(21)18-10-16(22)5-8-23-11-16/h1-4,6-7,9,22H,5,8,10-11H2,(H2,18,19,21)/t16-/m1/s1. The monoisotopic (exact) mass is 335 g/mol. The predicted octanol–water partition coefficient (Wildman–Crippen LogP) is 2.61. The van der Waals surface area contributed by atoms with Gasteiger partial charge in [-0.2, -0.15) is 11.8 Å². The number of hydrogen-bond donors (Lipinski definition) is 3. The van der Waals surface area contributed by atoms with Gasteiger partial charge in [0.15, 0.2) is 0 Å². The number of anilines is 1. The number of nitrogens with one attached hydrogen (secondary N) is 2. The molecule has 2 aromatic rings. The van der Waals surface area contributed by atoms with Crippen LogP contribution in [0.5, 0.6) is 0 Å². The van der Waals surface area contributed by atoms with E-state index < -0.39 is 11.6 Å². The second-order valence-electron chi connectivity index (χ2n) is 5.59. The first-order valence-corrected chi connectivity index (χ1v) is 8.49. The minimum atomic E-state index is -0.832. The Balaban J connectivity index is 1.63. The third-order valence-electron chi connectivity index (χ3n) is 3.75. The zero-order chi connectivity index (χ0) is 16.3. The molecule has 0 saturated carbocycles. The minimum Gasteiger partial charge on any atom is -0.387 e. The molecule has 1 aliphatic heterocycles. The molecule has 1 saturated heterocycles. The van der Waals surface area contributed by atoms with E-state index in [0.717, 1.165) is 5.75 Å². The molecule has 0 bridgehead atoms. The molecule has 2 amide bonds. The molecule has 3 rings (SSSR count). The van der Waals surface area contributed by atoms with E-state index in [1.807, 2.05) is 0 Å². The van der Waals surface area contributed by atoms with E-state index in [0.29, 0.717) is 23.5 Å². The van der Waals surface area contributed by atoms with Gasteiger partial charge < -0.3 is 20.3 Å². The third-order valence-corrected chi connectivity index (χ3v) is 4.98. The Bertz CT molecular complexity index is 685. The highest BCUT2D eigenvalue weighted by molar-refractivity contribution is 7.99. The summed E-state index contributed by atoms with van der Waals surface area (Å²) in [6.45, 7) is 0.206. The van der Waals surface area contributed by atoms with E-state index in [9.17, 15) is 14.3 Å². The summed E-state index contributed by atoms with van der Waals surface area (Å²) in [5, 5.41) is 15.5. The number of halogens is 1. The topological polar surface area (TPSA) is 66.3 Å². The van der Waals surface area contributed by atoms with Gasteiger partial charge in [0, 0.05) is 30.4 Å². The van der Waals surface area contributed by atoms with Crippen molar-refractivity contribution in [1.82, 2.24) is 9.88 Å². The maximum absolute atomic E-state index is 13.9. The number of carbonyl (C=O) groups excluding carboxylic acids is 1. The number of aromatic nitrogens is 1. The maximum atomic E-state index is 13.9. The van der Waals surface area contributed by atoms with Gasteiger partial charge in [0.1, 0.15) is 5.82 Å². The van der Waals surface area contributed by atoms with Crippen molar-refractivity contribution >= 4 is 23.5 Å². The van der Waals surface area contributed by atoms with Crippen molar-refractivity contribution in [1.29, 1.82) is 0 Å². The number of benzene rings is 1. The number of rotatable bonds is 4. The number of amides is 2. The highest BCUT2D eigenvalue weighted by atomic mass is 32.2. The van der Waals surface area contributed by atoms with E-state index in [1.165, 1.54) is 12.1 Å². The lowest BCUT2D eigenvalue weighted by atomic mass is 10.0. The van der Waals surface area contributed by atoms with Crippen LogP contribution in [0.3, 0.4) is 0 Å². The summed E-state index contributed by atoms with van der Waals surface area (Å²) in [6.07, 6.45) is 4.14. The van der Waals surface area contributed by atoms with Gasteiger partial charge in [0.05, 0.1) is 11.3 Å². The van der Waals surface area contributed by atoms with Crippen molar-refractivity contribution < 1.29 is 14.3 Å². The molecule has 1 fully saturated rings. The van der Waals surface area contributed by atoms with Crippen LogP contribution < -0.4 is 10.6 Å². The van der Waals surface area contributed by atoms with Crippen LogP contribution in [0.4, 0.5) is 14.9 Å². The molecule has 23 heavy (non-hydrogen) atoms. The molecule has 0 radical (unpaired) electrons. The Labute approximate surface area is 137 Å². The Hall–Kier alpha value is -1.99. The second-order valence-corrected chi connectivity index (χ2v) is 6.70. The van der Waals surface area contributed by atoms with Gasteiger partial charge in [0.2, 0.25) is 0 Å². The van der Waals surface area contributed by atoms with Crippen LogP contribution in [-0.4, -0.2) is 39.4 Å². The third kappa shape index (κ3) is 3.86. The van der Waals surface area contributed by atoms with Crippen molar-refractivity contribution in [3.05, 3.63) is 48.5 Å². The maximum Gasteiger partial charge on any atom is 0.319 e. The lowest BCUT2D eigenvalue weighted by molar-refractivity contribution is 0.0706. The van der Waals surface area contributed by atoms with Crippen LogP contribution in [0, 0.1) is 5.82 Å². The van der Waals surface area contributed by atoms with Gasteiger partial charge >= 0.3 is 6.03 Å². The largest absolute Gasteiger partial charge is 0.387 e. The fraction of sp³-hybridized carbons (Fsp3) is 0.312. The molecule has 2 heterocycles. The Morgan fingerprint density at radius 3 is 2.87 bits per heavy atom. The molecule has 1 aromatic heterocycles. The molecule has 5 nitrogen and oxygen atoms in total. The summed E-state index contributed by atoms with van der Waals surface area (Å²) in [7, 11) is 0. The molecule has 3 N–H and O–H groups in total. The number of urea groups is 1. The summed E-state index contributed by atoms with van der Waals surface area (Å²) >= 11 is 1.67. The van der Waals surface area contributed by atoms with Crippen LogP contribution in [0.2, 0.25) is 0 Å². The molecule has 0 aliphatic carbocycles. The van der Waals surface area contributed by atoms with Crippen molar-refractivity contribution in [2.24, 2.45) is 0 Å². The lowest BCUT2D eigenvalue weighted by Crippen LogP contribution is -2.44. The number of aliphatic hydroxyl groups is 1. The zero-order valence-corrected chi connectivity index (χ0v) is 13.3. The van der Waals surface area contributed by atoms with Crippen LogP contribution in [0.25, 0.3) is 5.69 Å². The molecule has 1 aromatic carbocycles. The Morgan fingerprint density at radius 1 is 1.39 bits per heavy atom. The average Bonchev–Trinajstić information content (AvgIpc) is 3.19. The number of carbonyl (C=O) groups is 1. The van der Waals surface area contributed by atoms with Crippen LogP contribution >= 0.6 is 11.8 Å². The van der Waals surface area contributed by atoms with Crippen LogP contribution in [-0.2, 0) is 0 Å². The SMILES string of the molecule is O=C(NC[C@]1(O)CCSC1)Nc1ccc(F)c(-n2cccc2)c1. The van der Waals surface area contributed by atoms with Gasteiger partial charge in [-0.25, -0.2) is 9.18 Å². The van der Waals surface area contributed by atoms with Crippen molar-refractivity contribution in [3.63, 3.8) is 0 Å². The first kappa shape index (κ1) is 15.9. The first-order chi connectivity index (χ1) is 11.1. The van der Waals surface area contributed by atoms with Gasteiger partial charge in [-0.3, -0.25) is 0 Å². The van der Waals surface area contributed by atoms with E-state index in [4.69, 9.17) is 0 Å². The van der Waals surface area contributed by atoms with Crippen molar-refractivity contribution in [2.75, 3.05) is 23.4 Å². The number of thioether (sulfide) groups is 1. The molecule has 0 unspecified atom stereocenters. The van der Waals surface area contributed by atoms with Crippen LogP contribution in [0.15, 0.2) is 42.7 Å². The summed E-state index contributed by atoms with van der Waals surface area (Å²) in [5.74, 6) is 1.16. The highest BCUT2D eigenvalue weighted by Crippen LogP contribution is 2.27. The fourth-order valence-corrected chi connectivity index (χ4v) is 3.73. The van der Waals surface area contributed by atoms with Gasteiger partial charge in [-0.05, 0) is 42.5 Å². The predicted molar refractivity (Wildman–Crippen MR) is 89.6 cm³/mol. The quantitative estimate of drug-likeness (QED) is 0.805. The van der Waals surface area contributed by atoms with Gasteiger partial charge in [-0.1, -0.05) is 0 Å². The summed E-state index contributed by atoms with van der Waals surface area (Å²) in [6, 6.07) is 7.56. The average molecular weight is 335 g/mol. The molecule has 122 valence electrons. The zero-order valence-electron chi connectivity index (χ0n) is 12.5. The lowest BCUT2D eigenvalue weighted by Gasteiger charge is -2.21. The number of nitrogens with zero attached hydrogens (tertiary/aromatic N) is 1. The van der Waals surface area contributed by atoms with E-state index in [-0.39, 0.29) is 12.4 Å². The molecular weight excluding hydrogens is 317 g/mol. The Morgan fingerprint density at radius 2 is 2.17 bits per heavy atom. The summed E-state index contributed by atoms with van der Waals surface area (Å²) in [5.41, 5.74) is 0.0141. The van der Waals surface area contributed by atoms with Crippen molar-refractivity contribution in [3.8, 4) is 5.69 Å². The van der Waals surface area contributed by atoms with E-state index in [1.54, 1.807) is 46.9 Å². The van der Waals surface area contributed by atoms with Gasteiger partial charge in [0.25, 0.3) is 0 Å². The van der Waals surface area contributed by atoms with Gasteiger partial charge in [-0.15, -0.1) is 0 Å². The molecule has 1 aliphatic rings. The smallest absolute Gasteiger partial charge is 0.319 e. The highest BCUT2D eigenvalue weighted by Gasteiger charge is 2.31. The fourth-order valence-electron chi connectivity index (χ4n) is 2.44. The number of hydrogen-bond acceptors (Lipinski definition) is 3. The molecule has 0 spiro atoms. The molecule has 7 heteroatoms. The second kappa shape index (κ2) is 6.64. The normalized spacial score (nSPS) is 20.4. The first-order valence-electron chi connectivity index (χ1n) is 7.34. The molecular formula is C16H18FN3O2S. The Kier molecular flexibility index (Phi) is 4.58. The molecule has 1 atom stereocenters.